The Labute approximate surface area is 156 Å². The number of rotatable bonds is 3. The number of benzene rings is 1. The molecule has 2 saturated heterocycles. The molecule has 132 valence electrons. The molecule has 2 fully saturated rings. The van der Waals surface area contributed by atoms with Crippen LogP contribution in [-0.2, 0) is 0 Å². The lowest BCUT2D eigenvalue weighted by Gasteiger charge is -2.35. The smallest absolute Gasteiger partial charge is 0.274 e. The number of nitrogens with zero attached hydrogens (tertiary/aromatic N) is 3. The molecule has 0 radical (unpaired) electrons. The maximum atomic E-state index is 12.8. The van der Waals surface area contributed by atoms with Gasteiger partial charge in [0.15, 0.2) is 5.69 Å². The van der Waals surface area contributed by atoms with Crippen molar-refractivity contribution >= 4 is 29.1 Å². The van der Waals surface area contributed by atoms with E-state index in [9.17, 15) is 4.79 Å². The molecule has 0 aliphatic carbocycles. The number of fused-ring (bicyclic) bond motifs is 2. The zero-order valence-electron chi connectivity index (χ0n) is 14.0. The summed E-state index contributed by atoms with van der Waals surface area (Å²) in [6.45, 7) is 0. The van der Waals surface area contributed by atoms with Gasteiger partial charge in [-0.2, -0.15) is 5.10 Å². The van der Waals surface area contributed by atoms with Gasteiger partial charge in [-0.05, 0) is 49.9 Å². The minimum absolute atomic E-state index is 0.0369. The number of amides is 1. The van der Waals surface area contributed by atoms with Crippen molar-refractivity contribution in [2.75, 3.05) is 7.05 Å². The topological polar surface area (TPSA) is 50.2 Å². The van der Waals surface area contributed by atoms with Crippen molar-refractivity contribution in [2.24, 2.45) is 0 Å². The lowest BCUT2D eigenvalue weighted by molar-refractivity contribution is 0.0675. The monoisotopic (exact) mass is 378 g/mol. The molecular weight excluding hydrogens is 359 g/mol. The Kier molecular flexibility index (Phi) is 4.48. The van der Waals surface area contributed by atoms with E-state index in [1.807, 2.05) is 18.0 Å². The number of hydrogen-bond acceptors (Lipinski definition) is 3. The van der Waals surface area contributed by atoms with Crippen LogP contribution in [0.5, 0.6) is 0 Å². The second-order valence-corrected chi connectivity index (χ2v) is 7.74. The van der Waals surface area contributed by atoms with Crippen LogP contribution < -0.4 is 5.32 Å². The predicted molar refractivity (Wildman–Crippen MR) is 98.6 cm³/mol. The molecule has 25 heavy (non-hydrogen) atoms. The fourth-order valence-corrected chi connectivity index (χ4v) is 4.19. The first kappa shape index (κ1) is 16.9. The first-order chi connectivity index (χ1) is 12.0. The Morgan fingerprint density at radius 3 is 2.60 bits per heavy atom. The predicted octanol–water partition coefficient (Wildman–Crippen LogP) is 3.53. The zero-order chi connectivity index (χ0) is 17.6. The van der Waals surface area contributed by atoms with Crippen molar-refractivity contribution in [2.45, 2.75) is 43.8 Å². The molecular formula is C18H20Cl2N4O. The number of piperidine rings is 1. The Morgan fingerprint density at radius 1 is 1.20 bits per heavy atom. The standard InChI is InChI=1S/C18H20Cl2N4O/c1-23(14-8-11-2-3-12(9-14)21-11)18(25)17-6-7-24(22-17)13-4-5-15(19)16(20)10-13/h4-7,10-12,14,21H,2-3,8-9H2,1H3. The average molecular weight is 379 g/mol. The second kappa shape index (κ2) is 6.63. The van der Waals surface area contributed by atoms with E-state index in [1.165, 1.54) is 12.8 Å². The summed E-state index contributed by atoms with van der Waals surface area (Å²) >= 11 is 12.0. The molecule has 0 spiro atoms. The van der Waals surface area contributed by atoms with Gasteiger partial charge in [-0.1, -0.05) is 23.2 Å². The van der Waals surface area contributed by atoms with E-state index in [0.29, 0.717) is 27.8 Å². The highest BCUT2D eigenvalue weighted by Crippen LogP contribution is 2.30. The summed E-state index contributed by atoms with van der Waals surface area (Å²) in [6.07, 6.45) is 6.25. The number of carbonyl (C=O) groups is 1. The van der Waals surface area contributed by atoms with Gasteiger partial charge in [0.1, 0.15) is 0 Å². The van der Waals surface area contributed by atoms with Crippen LogP contribution in [0.4, 0.5) is 0 Å². The summed E-state index contributed by atoms with van der Waals surface area (Å²) in [6, 6.07) is 8.40. The van der Waals surface area contributed by atoms with E-state index in [0.717, 1.165) is 18.5 Å². The van der Waals surface area contributed by atoms with Gasteiger partial charge in [-0.25, -0.2) is 4.68 Å². The fourth-order valence-electron chi connectivity index (χ4n) is 3.90. The third-order valence-corrected chi connectivity index (χ3v) is 6.03. The van der Waals surface area contributed by atoms with Crippen molar-refractivity contribution in [3.63, 3.8) is 0 Å². The number of hydrogen-bond donors (Lipinski definition) is 1. The minimum atomic E-state index is -0.0369. The number of aromatic nitrogens is 2. The van der Waals surface area contributed by atoms with Gasteiger partial charge < -0.3 is 10.2 Å². The Hall–Kier alpha value is -1.56. The molecule has 2 unspecified atom stereocenters. The SMILES string of the molecule is CN(C(=O)c1ccn(-c2ccc(Cl)c(Cl)c2)n1)C1CC2CCC(C1)N2. The van der Waals surface area contributed by atoms with E-state index in [1.54, 1.807) is 29.1 Å². The third kappa shape index (κ3) is 3.28. The molecule has 0 saturated carbocycles. The van der Waals surface area contributed by atoms with Crippen molar-refractivity contribution in [1.29, 1.82) is 0 Å². The van der Waals surface area contributed by atoms with Crippen LogP contribution in [0.1, 0.15) is 36.2 Å². The zero-order valence-corrected chi connectivity index (χ0v) is 15.5. The molecule has 1 aromatic carbocycles. The van der Waals surface area contributed by atoms with Gasteiger partial charge in [0.25, 0.3) is 5.91 Å². The molecule has 2 atom stereocenters. The average Bonchev–Trinajstić information content (AvgIpc) is 3.22. The van der Waals surface area contributed by atoms with Crippen LogP contribution in [0.25, 0.3) is 5.69 Å². The van der Waals surface area contributed by atoms with Crippen molar-refractivity contribution < 1.29 is 4.79 Å². The van der Waals surface area contributed by atoms with Gasteiger partial charge in [0, 0.05) is 31.4 Å². The van der Waals surface area contributed by atoms with E-state index in [2.05, 4.69) is 10.4 Å². The van der Waals surface area contributed by atoms with E-state index < -0.39 is 0 Å². The Balaban J connectivity index is 1.51. The van der Waals surface area contributed by atoms with Gasteiger partial charge in [0.05, 0.1) is 15.7 Å². The number of carbonyl (C=O) groups excluding carboxylic acids is 1. The normalized spacial score (nSPS) is 25.2. The molecule has 2 bridgehead atoms. The lowest BCUT2D eigenvalue weighted by atomic mass is 9.98. The maximum absolute atomic E-state index is 12.8. The molecule has 1 N–H and O–H groups in total. The Morgan fingerprint density at radius 2 is 1.92 bits per heavy atom. The Bertz CT molecular complexity index is 794. The summed E-state index contributed by atoms with van der Waals surface area (Å²) < 4.78 is 1.65. The molecule has 3 heterocycles. The molecule has 2 aromatic rings. The highest BCUT2D eigenvalue weighted by molar-refractivity contribution is 6.42. The van der Waals surface area contributed by atoms with Crippen LogP contribution >= 0.6 is 23.2 Å². The summed E-state index contributed by atoms with van der Waals surface area (Å²) in [4.78, 5) is 14.7. The number of halogens is 2. The van der Waals surface area contributed by atoms with Crippen LogP contribution in [0, 0.1) is 0 Å². The van der Waals surface area contributed by atoms with E-state index >= 15 is 0 Å². The summed E-state index contributed by atoms with van der Waals surface area (Å²) in [5.74, 6) is -0.0369. The molecule has 7 heteroatoms. The first-order valence-electron chi connectivity index (χ1n) is 8.55. The molecule has 1 aromatic heterocycles. The first-order valence-corrected chi connectivity index (χ1v) is 9.31. The summed E-state index contributed by atoms with van der Waals surface area (Å²) in [5.41, 5.74) is 1.22. The van der Waals surface area contributed by atoms with Gasteiger partial charge in [0.2, 0.25) is 0 Å². The summed E-state index contributed by atoms with van der Waals surface area (Å²) in [5, 5.41) is 8.99. The fraction of sp³-hybridized carbons (Fsp3) is 0.444. The van der Waals surface area contributed by atoms with Crippen LogP contribution in [-0.4, -0.2) is 45.8 Å². The lowest BCUT2D eigenvalue weighted by Crippen LogP contribution is -2.48. The second-order valence-electron chi connectivity index (χ2n) is 6.92. The van der Waals surface area contributed by atoms with Crippen LogP contribution in [0.3, 0.4) is 0 Å². The third-order valence-electron chi connectivity index (χ3n) is 5.29. The largest absolute Gasteiger partial charge is 0.337 e. The molecule has 4 rings (SSSR count). The minimum Gasteiger partial charge on any atom is -0.337 e. The molecule has 5 nitrogen and oxygen atoms in total. The maximum Gasteiger partial charge on any atom is 0.274 e. The quantitative estimate of drug-likeness (QED) is 0.888. The van der Waals surface area contributed by atoms with Crippen LogP contribution in [0.15, 0.2) is 30.5 Å². The van der Waals surface area contributed by atoms with Gasteiger partial charge >= 0.3 is 0 Å². The molecule has 2 aliphatic heterocycles. The highest BCUT2D eigenvalue weighted by atomic mass is 35.5. The highest BCUT2D eigenvalue weighted by Gasteiger charge is 2.36. The van der Waals surface area contributed by atoms with Crippen molar-refractivity contribution in [1.82, 2.24) is 20.0 Å². The van der Waals surface area contributed by atoms with Gasteiger partial charge in [-0.3, -0.25) is 4.79 Å². The van der Waals surface area contributed by atoms with E-state index in [-0.39, 0.29) is 11.9 Å². The van der Waals surface area contributed by atoms with Crippen LogP contribution in [0.2, 0.25) is 10.0 Å². The van der Waals surface area contributed by atoms with E-state index in [4.69, 9.17) is 23.2 Å². The van der Waals surface area contributed by atoms with Crippen molar-refractivity contribution in [3.8, 4) is 5.69 Å². The summed E-state index contributed by atoms with van der Waals surface area (Å²) in [7, 11) is 1.88. The van der Waals surface area contributed by atoms with Gasteiger partial charge in [-0.15, -0.1) is 0 Å². The molecule has 2 aliphatic rings. The number of nitrogens with one attached hydrogen (secondary N) is 1. The molecule has 1 amide bonds. The van der Waals surface area contributed by atoms with Crippen molar-refractivity contribution in [3.05, 3.63) is 46.2 Å².